The zero-order valence-corrected chi connectivity index (χ0v) is 9.73. The second-order valence-corrected chi connectivity index (χ2v) is 3.58. The van der Waals surface area contributed by atoms with Crippen LogP contribution in [-0.4, -0.2) is 41.1 Å². The molecule has 2 atom stereocenters. The molecule has 0 bridgehead atoms. The summed E-state index contributed by atoms with van der Waals surface area (Å²) in [5.41, 5.74) is 0. The Morgan fingerprint density at radius 3 is 2.44 bits per heavy atom. The van der Waals surface area contributed by atoms with Gasteiger partial charge in [-0.1, -0.05) is 0 Å². The van der Waals surface area contributed by atoms with Crippen LogP contribution in [0.15, 0.2) is 0 Å². The molecule has 0 aliphatic carbocycles. The molecule has 0 spiro atoms. The molecule has 0 aromatic heterocycles. The molecular formula is C10H17N3O3. The maximum atomic E-state index is 11.6. The fourth-order valence-corrected chi connectivity index (χ4v) is 1.07. The van der Waals surface area contributed by atoms with E-state index >= 15 is 0 Å². The highest BCUT2D eigenvalue weighted by Gasteiger charge is 2.19. The van der Waals surface area contributed by atoms with Gasteiger partial charge in [0, 0.05) is 13.1 Å². The monoisotopic (exact) mass is 227 g/mol. The lowest BCUT2D eigenvalue weighted by molar-refractivity contribution is -0.138. The van der Waals surface area contributed by atoms with Crippen molar-refractivity contribution in [2.45, 2.75) is 26.8 Å². The first-order valence-corrected chi connectivity index (χ1v) is 5.10. The molecule has 6 nitrogen and oxygen atoms in total. The number of nitrogens with one attached hydrogen (secondary N) is 1. The van der Waals surface area contributed by atoms with Crippen molar-refractivity contribution in [3.05, 3.63) is 0 Å². The predicted molar refractivity (Wildman–Crippen MR) is 57.7 cm³/mol. The van der Waals surface area contributed by atoms with Crippen LogP contribution in [0, 0.1) is 17.2 Å². The largest absolute Gasteiger partial charge is 0.480 e. The number of carbonyl (C=O) groups is 2. The summed E-state index contributed by atoms with van der Waals surface area (Å²) >= 11 is 0. The maximum Gasteiger partial charge on any atom is 0.325 e. The van der Waals surface area contributed by atoms with Gasteiger partial charge in [-0.2, -0.15) is 5.26 Å². The number of nitrogens with zero attached hydrogens (tertiary/aromatic N) is 2. The van der Waals surface area contributed by atoms with Gasteiger partial charge >= 0.3 is 12.0 Å². The maximum absolute atomic E-state index is 11.6. The summed E-state index contributed by atoms with van der Waals surface area (Å²) in [5.74, 6) is -1.36. The van der Waals surface area contributed by atoms with Crippen molar-refractivity contribution in [3.8, 4) is 6.07 Å². The second kappa shape index (κ2) is 6.67. The van der Waals surface area contributed by atoms with Crippen molar-refractivity contribution < 1.29 is 14.7 Å². The number of carbonyl (C=O) groups excluding carboxylic acids is 1. The lowest BCUT2D eigenvalue weighted by atomic mass is 10.2. The first kappa shape index (κ1) is 14.2. The lowest BCUT2D eigenvalue weighted by Crippen LogP contribution is -2.47. The summed E-state index contributed by atoms with van der Waals surface area (Å²) in [7, 11) is 0. The molecule has 0 aromatic rings. The van der Waals surface area contributed by atoms with E-state index in [9.17, 15) is 9.59 Å². The highest BCUT2D eigenvalue weighted by molar-refractivity contribution is 5.82. The Balaban J connectivity index is 4.32. The van der Waals surface area contributed by atoms with E-state index in [0.29, 0.717) is 13.1 Å². The number of aliphatic carboxylic acids is 1. The molecule has 6 heteroatoms. The summed E-state index contributed by atoms with van der Waals surface area (Å²) in [6.45, 7) is 5.60. The zero-order chi connectivity index (χ0) is 12.7. The van der Waals surface area contributed by atoms with E-state index in [1.54, 1.807) is 13.8 Å². The Morgan fingerprint density at radius 2 is 2.06 bits per heavy atom. The Morgan fingerprint density at radius 1 is 1.50 bits per heavy atom. The zero-order valence-electron chi connectivity index (χ0n) is 9.73. The Kier molecular flexibility index (Phi) is 5.93. The van der Waals surface area contributed by atoms with Crippen LogP contribution in [0.4, 0.5) is 4.79 Å². The number of hydrogen-bond donors (Lipinski definition) is 2. The van der Waals surface area contributed by atoms with Crippen molar-refractivity contribution in [1.29, 1.82) is 5.26 Å². The van der Waals surface area contributed by atoms with Crippen LogP contribution in [0.2, 0.25) is 0 Å². The van der Waals surface area contributed by atoms with E-state index in [1.807, 2.05) is 6.07 Å². The number of hydrogen-bond acceptors (Lipinski definition) is 3. The van der Waals surface area contributed by atoms with Gasteiger partial charge in [0.2, 0.25) is 0 Å². The minimum atomic E-state index is -1.09. The van der Waals surface area contributed by atoms with Crippen LogP contribution in [-0.2, 0) is 4.79 Å². The highest BCUT2D eigenvalue weighted by atomic mass is 16.4. The van der Waals surface area contributed by atoms with Gasteiger partial charge in [-0.05, 0) is 20.8 Å². The molecule has 0 rings (SSSR count). The molecule has 2 amide bonds. The van der Waals surface area contributed by atoms with Gasteiger partial charge in [-0.15, -0.1) is 0 Å². The van der Waals surface area contributed by atoms with Crippen molar-refractivity contribution in [2.24, 2.45) is 5.92 Å². The minimum absolute atomic E-state index is 0.272. The predicted octanol–water partition coefficient (Wildman–Crippen LogP) is 0.651. The van der Waals surface area contributed by atoms with Gasteiger partial charge in [-0.3, -0.25) is 4.79 Å². The van der Waals surface area contributed by atoms with E-state index in [4.69, 9.17) is 10.4 Å². The molecule has 0 aliphatic rings. The molecule has 0 heterocycles. The SMILES string of the molecule is CCN(CC(C)C#N)C(=O)NC(C)C(=O)O. The molecule has 16 heavy (non-hydrogen) atoms. The molecule has 0 aliphatic heterocycles. The van der Waals surface area contributed by atoms with Gasteiger partial charge in [0.05, 0.1) is 12.0 Å². The van der Waals surface area contributed by atoms with Crippen LogP contribution < -0.4 is 5.32 Å². The van der Waals surface area contributed by atoms with Crippen molar-refractivity contribution in [3.63, 3.8) is 0 Å². The van der Waals surface area contributed by atoms with Crippen LogP contribution in [0.3, 0.4) is 0 Å². The van der Waals surface area contributed by atoms with E-state index in [-0.39, 0.29) is 5.92 Å². The first-order chi connectivity index (χ1) is 7.42. The average molecular weight is 227 g/mol. The van der Waals surface area contributed by atoms with Gasteiger partial charge in [0.25, 0.3) is 0 Å². The van der Waals surface area contributed by atoms with Crippen LogP contribution in [0.1, 0.15) is 20.8 Å². The van der Waals surface area contributed by atoms with E-state index in [0.717, 1.165) is 0 Å². The Hall–Kier alpha value is -1.77. The van der Waals surface area contributed by atoms with Gasteiger partial charge in [-0.25, -0.2) is 4.79 Å². The molecule has 2 unspecified atom stereocenters. The van der Waals surface area contributed by atoms with Gasteiger partial charge in [0.1, 0.15) is 6.04 Å². The molecule has 0 radical (unpaired) electrons. The third-order valence-corrected chi connectivity index (χ3v) is 2.09. The van der Waals surface area contributed by atoms with Crippen molar-refractivity contribution in [1.82, 2.24) is 10.2 Å². The first-order valence-electron chi connectivity index (χ1n) is 5.10. The topological polar surface area (TPSA) is 93.4 Å². The fourth-order valence-electron chi connectivity index (χ4n) is 1.07. The van der Waals surface area contributed by atoms with Crippen molar-refractivity contribution in [2.75, 3.05) is 13.1 Å². The summed E-state index contributed by atoms with van der Waals surface area (Å²) < 4.78 is 0. The lowest BCUT2D eigenvalue weighted by Gasteiger charge is -2.23. The molecule has 0 fully saturated rings. The summed E-state index contributed by atoms with van der Waals surface area (Å²) in [6, 6.07) is 0.632. The van der Waals surface area contributed by atoms with Crippen LogP contribution in [0.5, 0.6) is 0 Å². The summed E-state index contributed by atoms with van der Waals surface area (Å²) in [6.07, 6.45) is 0. The quantitative estimate of drug-likeness (QED) is 0.721. The van der Waals surface area contributed by atoms with Gasteiger partial charge < -0.3 is 15.3 Å². The van der Waals surface area contributed by atoms with Crippen molar-refractivity contribution >= 4 is 12.0 Å². The highest BCUT2D eigenvalue weighted by Crippen LogP contribution is 1.99. The standard InChI is InChI=1S/C10H17N3O3/c1-4-13(6-7(2)5-11)10(16)12-8(3)9(14)15/h7-8H,4,6H2,1-3H3,(H,12,16)(H,14,15). The number of carboxylic acid groups (broad SMARTS) is 1. The second-order valence-electron chi connectivity index (χ2n) is 3.58. The smallest absolute Gasteiger partial charge is 0.325 e. The normalized spacial score (nSPS) is 13.4. The molecule has 0 aromatic carbocycles. The van der Waals surface area contributed by atoms with E-state index in [1.165, 1.54) is 11.8 Å². The molecule has 0 saturated heterocycles. The number of amides is 2. The number of carboxylic acids is 1. The fraction of sp³-hybridized carbons (Fsp3) is 0.700. The average Bonchev–Trinajstić information content (AvgIpc) is 2.24. The third-order valence-electron chi connectivity index (χ3n) is 2.09. The number of urea groups is 1. The molecule has 0 saturated carbocycles. The number of rotatable bonds is 5. The van der Waals surface area contributed by atoms with E-state index in [2.05, 4.69) is 5.32 Å². The minimum Gasteiger partial charge on any atom is -0.480 e. The van der Waals surface area contributed by atoms with E-state index < -0.39 is 18.0 Å². The van der Waals surface area contributed by atoms with Crippen LogP contribution >= 0.6 is 0 Å². The third kappa shape index (κ3) is 4.64. The summed E-state index contributed by atoms with van der Waals surface area (Å²) in [5, 5.41) is 19.6. The summed E-state index contributed by atoms with van der Waals surface area (Å²) in [4.78, 5) is 23.5. The number of nitriles is 1. The Labute approximate surface area is 94.8 Å². The molecule has 90 valence electrons. The van der Waals surface area contributed by atoms with Gasteiger partial charge in [0.15, 0.2) is 0 Å². The Bertz CT molecular complexity index is 298. The molecule has 2 N–H and O–H groups in total. The molecular weight excluding hydrogens is 210 g/mol. The van der Waals surface area contributed by atoms with Crippen LogP contribution in [0.25, 0.3) is 0 Å².